The monoisotopic (exact) mass is 252 g/mol. The number of tetrazole rings is 1. The molecule has 2 aromatic heterocycles. The van der Waals surface area contributed by atoms with Crippen molar-refractivity contribution in [2.45, 2.75) is 13.5 Å². The minimum absolute atomic E-state index is 0.0503. The van der Waals surface area contributed by atoms with E-state index in [0.29, 0.717) is 10.8 Å². The van der Waals surface area contributed by atoms with Crippen molar-refractivity contribution in [3.8, 4) is 0 Å². The summed E-state index contributed by atoms with van der Waals surface area (Å²) < 4.78 is 1.32. The Morgan fingerprint density at radius 1 is 1.59 bits per heavy atom. The Kier molecular flexibility index (Phi) is 3.29. The van der Waals surface area contributed by atoms with E-state index in [4.69, 9.17) is 11.6 Å². The van der Waals surface area contributed by atoms with Crippen LogP contribution in [0.25, 0.3) is 0 Å². The molecule has 2 heterocycles. The molecule has 2 aromatic rings. The lowest BCUT2D eigenvalue weighted by atomic mass is 10.3. The van der Waals surface area contributed by atoms with Gasteiger partial charge < -0.3 is 5.32 Å². The molecular formula is C9H9ClN6O. The molecule has 0 aliphatic rings. The smallest absolute Gasteiger partial charge is 0.246 e. The summed E-state index contributed by atoms with van der Waals surface area (Å²) in [5, 5.41) is 13.5. The highest BCUT2D eigenvalue weighted by atomic mass is 35.5. The number of hydrogen-bond acceptors (Lipinski definition) is 5. The van der Waals surface area contributed by atoms with Gasteiger partial charge in [0.05, 0.1) is 11.9 Å². The molecule has 17 heavy (non-hydrogen) atoms. The van der Waals surface area contributed by atoms with E-state index in [-0.39, 0.29) is 12.5 Å². The van der Waals surface area contributed by atoms with Crippen LogP contribution in [0.4, 0.5) is 5.69 Å². The van der Waals surface area contributed by atoms with Crippen molar-refractivity contribution in [2.75, 3.05) is 5.32 Å². The molecule has 0 radical (unpaired) electrons. The lowest BCUT2D eigenvalue weighted by Crippen LogP contribution is -2.19. The second-order valence-electron chi connectivity index (χ2n) is 3.39. The fraction of sp³-hybridized carbons (Fsp3) is 0.222. The SMILES string of the molecule is Cc1cc(NC(=O)Cn2cnnn2)cnc1Cl. The van der Waals surface area contributed by atoms with Crippen LogP contribution in [0, 0.1) is 6.92 Å². The van der Waals surface area contributed by atoms with E-state index in [1.54, 1.807) is 6.07 Å². The lowest BCUT2D eigenvalue weighted by Gasteiger charge is -2.05. The minimum atomic E-state index is -0.235. The first-order chi connectivity index (χ1) is 8.15. The summed E-state index contributed by atoms with van der Waals surface area (Å²) in [7, 11) is 0. The van der Waals surface area contributed by atoms with Gasteiger partial charge in [-0.05, 0) is 29.0 Å². The number of carbonyl (C=O) groups excluding carboxylic acids is 1. The van der Waals surface area contributed by atoms with Crippen LogP contribution in [-0.4, -0.2) is 31.1 Å². The van der Waals surface area contributed by atoms with Crippen molar-refractivity contribution in [1.29, 1.82) is 0 Å². The fourth-order valence-corrected chi connectivity index (χ4v) is 1.33. The van der Waals surface area contributed by atoms with Crippen molar-refractivity contribution in [3.63, 3.8) is 0 Å². The van der Waals surface area contributed by atoms with Gasteiger partial charge in [-0.15, -0.1) is 5.10 Å². The summed E-state index contributed by atoms with van der Waals surface area (Å²) in [5.74, 6) is -0.235. The zero-order valence-electron chi connectivity index (χ0n) is 8.96. The summed E-state index contributed by atoms with van der Waals surface area (Å²) in [4.78, 5) is 15.5. The number of nitrogens with one attached hydrogen (secondary N) is 1. The van der Waals surface area contributed by atoms with Gasteiger partial charge >= 0.3 is 0 Å². The molecule has 0 aliphatic carbocycles. The Morgan fingerprint density at radius 3 is 3.06 bits per heavy atom. The average Bonchev–Trinajstić information content (AvgIpc) is 2.76. The fourth-order valence-electron chi connectivity index (χ4n) is 1.23. The molecule has 0 atom stereocenters. The van der Waals surface area contributed by atoms with Crippen LogP contribution >= 0.6 is 11.6 Å². The zero-order chi connectivity index (χ0) is 12.3. The van der Waals surface area contributed by atoms with Crippen molar-refractivity contribution in [2.24, 2.45) is 0 Å². The van der Waals surface area contributed by atoms with Crippen molar-refractivity contribution in [1.82, 2.24) is 25.2 Å². The largest absolute Gasteiger partial charge is 0.323 e. The number of halogens is 1. The van der Waals surface area contributed by atoms with Crippen LogP contribution in [0.15, 0.2) is 18.6 Å². The maximum atomic E-state index is 11.6. The van der Waals surface area contributed by atoms with Crippen LogP contribution < -0.4 is 5.32 Å². The quantitative estimate of drug-likeness (QED) is 0.812. The molecule has 0 aromatic carbocycles. The van der Waals surface area contributed by atoms with Gasteiger partial charge in [0, 0.05) is 0 Å². The Labute approximate surface area is 102 Å². The van der Waals surface area contributed by atoms with Gasteiger partial charge in [-0.1, -0.05) is 11.6 Å². The maximum Gasteiger partial charge on any atom is 0.246 e. The number of anilines is 1. The highest BCUT2D eigenvalue weighted by molar-refractivity contribution is 6.30. The van der Waals surface area contributed by atoms with Gasteiger partial charge in [-0.25, -0.2) is 9.67 Å². The average molecular weight is 253 g/mol. The molecule has 8 heteroatoms. The van der Waals surface area contributed by atoms with E-state index >= 15 is 0 Å². The summed E-state index contributed by atoms with van der Waals surface area (Å²) in [6.45, 7) is 1.86. The maximum absolute atomic E-state index is 11.6. The molecule has 0 saturated heterocycles. The summed E-state index contributed by atoms with van der Waals surface area (Å²) in [5.41, 5.74) is 1.39. The van der Waals surface area contributed by atoms with Crippen molar-refractivity contribution in [3.05, 3.63) is 29.3 Å². The van der Waals surface area contributed by atoms with Gasteiger partial charge in [-0.2, -0.15) is 0 Å². The predicted octanol–water partition coefficient (Wildman–Crippen LogP) is 0.669. The molecule has 7 nitrogen and oxygen atoms in total. The topological polar surface area (TPSA) is 85.6 Å². The van der Waals surface area contributed by atoms with Crippen LogP contribution in [-0.2, 0) is 11.3 Å². The third kappa shape index (κ3) is 2.97. The summed E-state index contributed by atoms with van der Waals surface area (Å²) >= 11 is 5.78. The first kappa shape index (κ1) is 11.5. The van der Waals surface area contributed by atoms with Gasteiger partial charge in [-0.3, -0.25) is 4.79 Å². The molecule has 1 N–H and O–H groups in total. The number of carbonyl (C=O) groups is 1. The number of rotatable bonds is 3. The van der Waals surface area contributed by atoms with Crippen LogP contribution in [0.3, 0.4) is 0 Å². The number of nitrogens with zero attached hydrogens (tertiary/aromatic N) is 5. The van der Waals surface area contributed by atoms with Crippen molar-refractivity contribution >= 4 is 23.2 Å². The Balaban J connectivity index is 2.00. The Bertz CT molecular complexity index is 526. The standard InChI is InChI=1S/C9H9ClN6O/c1-6-2-7(3-11-9(6)10)13-8(17)4-16-5-12-14-15-16/h2-3,5H,4H2,1H3,(H,13,17). The van der Waals surface area contributed by atoms with E-state index < -0.39 is 0 Å². The first-order valence-electron chi connectivity index (χ1n) is 4.78. The van der Waals surface area contributed by atoms with E-state index in [1.807, 2.05) is 6.92 Å². The molecule has 0 spiro atoms. The number of pyridine rings is 1. The zero-order valence-corrected chi connectivity index (χ0v) is 9.72. The van der Waals surface area contributed by atoms with E-state index in [2.05, 4.69) is 25.8 Å². The van der Waals surface area contributed by atoms with Gasteiger partial charge in [0.25, 0.3) is 0 Å². The van der Waals surface area contributed by atoms with Crippen molar-refractivity contribution < 1.29 is 4.79 Å². The molecule has 0 unspecified atom stereocenters. The van der Waals surface area contributed by atoms with Gasteiger partial charge in [0.15, 0.2) is 0 Å². The third-order valence-corrected chi connectivity index (χ3v) is 2.39. The molecule has 0 fully saturated rings. The van der Waals surface area contributed by atoms with Gasteiger partial charge in [0.1, 0.15) is 18.0 Å². The molecule has 1 amide bonds. The van der Waals surface area contributed by atoms with Gasteiger partial charge in [0.2, 0.25) is 5.91 Å². The molecule has 0 aliphatic heterocycles. The van der Waals surface area contributed by atoms with E-state index in [9.17, 15) is 4.79 Å². The number of aryl methyl sites for hydroxylation is 1. The second kappa shape index (κ2) is 4.88. The summed E-state index contributed by atoms with van der Waals surface area (Å²) in [6, 6.07) is 1.74. The minimum Gasteiger partial charge on any atom is -0.323 e. The van der Waals surface area contributed by atoms with Crippen LogP contribution in [0.5, 0.6) is 0 Å². The Hall–Kier alpha value is -2.02. The third-order valence-electron chi connectivity index (χ3n) is 2.00. The highest BCUT2D eigenvalue weighted by Gasteiger charge is 2.06. The predicted molar refractivity (Wildman–Crippen MR) is 60.4 cm³/mol. The second-order valence-corrected chi connectivity index (χ2v) is 3.75. The highest BCUT2D eigenvalue weighted by Crippen LogP contribution is 2.15. The first-order valence-corrected chi connectivity index (χ1v) is 5.16. The normalized spacial score (nSPS) is 10.2. The Morgan fingerprint density at radius 2 is 2.41 bits per heavy atom. The molecule has 0 bridgehead atoms. The van der Waals surface area contributed by atoms with E-state index in [0.717, 1.165) is 5.56 Å². The number of hydrogen-bond donors (Lipinski definition) is 1. The van der Waals surface area contributed by atoms with Crippen LogP contribution in [0.2, 0.25) is 5.15 Å². The molecular weight excluding hydrogens is 244 g/mol. The molecule has 88 valence electrons. The lowest BCUT2D eigenvalue weighted by molar-refractivity contribution is -0.116. The molecule has 2 rings (SSSR count). The molecule has 0 saturated carbocycles. The number of amides is 1. The number of aromatic nitrogens is 5. The summed E-state index contributed by atoms with van der Waals surface area (Å²) in [6.07, 6.45) is 2.86. The van der Waals surface area contributed by atoms with Crippen LogP contribution in [0.1, 0.15) is 5.56 Å². The van der Waals surface area contributed by atoms with E-state index in [1.165, 1.54) is 17.2 Å².